The number of nitrogens with two attached hydrogens (primary N) is 1. The van der Waals surface area contributed by atoms with Crippen LogP contribution in [-0.2, 0) is 0 Å². The van der Waals surface area contributed by atoms with Crippen LogP contribution in [0.25, 0.3) is 0 Å². The standard InChI is InChI=1S/C17H23FN2/c1-11-5-4-6-17(13(3)19)20-10-15(11)14-7-8-16(18)12(2)9-14/h4,6-9,11,13,15H,5,10,19H2,1-3H3. The molecule has 108 valence electrons. The summed E-state index contributed by atoms with van der Waals surface area (Å²) in [4.78, 5) is 4.65. The van der Waals surface area contributed by atoms with E-state index in [1.54, 1.807) is 6.07 Å². The van der Waals surface area contributed by atoms with Gasteiger partial charge in [-0.3, -0.25) is 4.99 Å². The lowest BCUT2D eigenvalue weighted by molar-refractivity contribution is 0.468. The second-order valence-corrected chi connectivity index (χ2v) is 5.78. The summed E-state index contributed by atoms with van der Waals surface area (Å²) in [5.41, 5.74) is 8.73. The second-order valence-electron chi connectivity index (χ2n) is 5.78. The molecule has 0 amide bonds. The van der Waals surface area contributed by atoms with Gasteiger partial charge in [0.2, 0.25) is 0 Å². The van der Waals surface area contributed by atoms with Crippen molar-refractivity contribution in [2.75, 3.05) is 6.54 Å². The zero-order valence-electron chi connectivity index (χ0n) is 12.4. The van der Waals surface area contributed by atoms with Crippen molar-refractivity contribution in [2.45, 2.75) is 39.2 Å². The minimum atomic E-state index is -0.146. The number of hydrogen-bond donors (Lipinski definition) is 1. The average Bonchev–Trinajstić information content (AvgIpc) is 2.37. The van der Waals surface area contributed by atoms with Crippen molar-refractivity contribution in [3.05, 3.63) is 47.3 Å². The number of aliphatic imine (C=N–C) groups is 1. The van der Waals surface area contributed by atoms with E-state index in [1.807, 2.05) is 32.1 Å². The van der Waals surface area contributed by atoms with Crippen molar-refractivity contribution in [2.24, 2.45) is 16.6 Å². The lowest BCUT2D eigenvalue weighted by atomic mass is 9.83. The molecule has 0 fully saturated rings. The first-order valence-corrected chi connectivity index (χ1v) is 7.21. The lowest BCUT2D eigenvalue weighted by Gasteiger charge is -2.24. The normalized spacial score (nSPS) is 24.8. The summed E-state index contributed by atoms with van der Waals surface area (Å²) in [5, 5.41) is 0. The largest absolute Gasteiger partial charge is 0.323 e. The predicted molar refractivity (Wildman–Crippen MR) is 82.8 cm³/mol. The minimum absolute atomic E-state index is 0.0461. The fraction of sp³-hybridized carbons (Fsp3) is 0.471. The smallest absolute Gasteiger partial charge is 0.126 e. The third-order valence-electron chi connectivity index (χ3n) is 4.03. The minimum Gasteiger partial charge on any atom is -0.323 e. The Morgan fingerprint density at radius 1 is 1.40 bits per heavy atom. The van der Waals surface area contributed by atoms with Crippen LogP contribution in [0.1, 0.15) is 37.3 Å². The lowest BCUT2D eigenvalue weighted by Crippen LogP contribution is -2.27. The Bertz CT molecular complexity index is 532. The highest BCUT2D eigenvalue weighted by molar-refractivity contribution is 5.98. The van der Waals surface area contributed by atoms with Gasteiger partial charge < -0.3 is 5.73 Å². The van der Waals surface area contributed by atoms with Gasteiger partial charge in [0.25, 0.3) is 0 Å². The molecule has 3 atom stereocenters. The van der Waals surface area contributed by atoms with E-state index in [-0.39, 0.29) is 11.9 Å². The predicted octanol–water partition coefficient (Wildman–Crippen LogP) is 3.60. The topological polar surface area (TPSA) is 38.4 Å². The molecule has 3 heteroatoms. The quantitative estimate of drug-likeness (QED) is 0.879. The molecule has 1 aliphatic rings. The van der Waals surface area contributed by atoms with Gasteiger partial charge in [0.15, 0.2) is 0 Å². The van der Waals surface area contributed by atoms with Gasteiger partial charge >= 0.3 is 0 Å². The molecule has 2 rings (SSSR count). The molecule has 0 aromatic heterocycles. The van der Waals surface area contributed by atoms with E-state index in [1.165, 1.54) is 5.56 Å². The second kappa shape index (κ2) is 6.31. The molecule has 0 aliphatic carbocycles. The highest BCUT2D eigenvalue weighted by Gasteiger charge is 2.21. The van der Waals surface area contributed by atoms with E-state index in [4.69, 9.17) is 5.73 Å². The fourth-order valence-electron chi connectivity index (χ4n) is 2.63. The molecule has 20 heavy (non-hydrogen) atoms. The van der Waals surface area contributed by atoms with Crippen molar-refractivity contribution in [3.63, 3.8) is 0 Å². The molecule has 1 aromatic carbocycles. The molecule has 2 nitrogen and oxygen atoms in total. The Labute approximate surface area is 120 Å². The molecule has 0 saturated heterocycles. The van der Waals surface area contributed by atoms with E-state index in [0.29, 0.717) is 23.9 Å². The third-order valence-corrected chi connectivity index (χ3v) is 4.03. The molecule has 0 bridgehead atoms. The van der Waals surface area contributed by atoms with Crippen molar-refractivity contribution >= 4 is 5.71 Å². The molecule has 1 aromatic rings. The Morgan fingerprint density at radius 2 is 2.15 bits per heavy atom. The van der Waals surface area contributed by atoms with Crippen LogP contribution in [0.3, 0.4) is 0 Å². The van der Waals surface area contributed by atoms with E-state index in [9.17, 15) is 4.39 Å². The summed E-state index contributed by atoms with van der Waals surface area (Å²) in [7, 11) is 0. The number of allylic oxidation sites excluding steroid dienone is 1. The summed E-state index contributed by atoms with van der Waals surface area (Å²) in [6, 6.07) is 5.34. The van der Waals surface area contributed by atoms with Gasteiger partial charge in [-0.05, 0) is 49.5 Å². The van der Waals surface area contributed by atoms with Gasteiger partial charge in [0.1, 0.15) is 5.82 Å². The van der Waals surface area contributed by atoms with E-state index >= 15 is 0 Å². The third kappa shape index (κ3) is 3.34. The van der Waals surface area contributed by atoms with Crippen LogP contribution in [-0.4, -0.2) is 18.3 Å². The van der Waals surface area contributed by atoms with Crippen molar-refractivity contribution in [1.82, 2.24) is 0 Å². The van der Waals surface area contributed by atoms with Gasteiger partial charge in [-0.1, -0.05) is 25.1 Å². The highest BCUT2D eigenvalue weighted by Crippen LogP contribution is 2.30. The first-order valence-electron chi connectivity index (χ1n) is 7.21. The SMILES string of the molecule is Cc1cc(C2CN=C(C(C)N)C=CCC2C)ccc1F. The summed E-state index contributed by atoms with van der Waals surface area (Å²) in [6.45, 7) is 6.70. The molecule has 0 radical (unpaired) electrons. The molecule has 0 spiro atoms. The van der Waals surface area contributed by atoms with Crippen molar-refractivity contribution in [3.8, 4) is 0 Å². The maximum atomic E-state index is 13.4. The van der Waals surface area contributed by atoms with Crippen LogP contribution in [0.5, 0.6) is 0 Å². The number of aryl methyl sites for hydroxylation is 1. The van der Waals surface area contributed by atoms with Gasteiger partial charge in [-0.2, -0.15) is 0 Å². The Morgan fingerprint density at radius 3 is 2.80 bits per heavy atom. The Kier molecular flexibility index (Phi) is 4.71. The van der Waals surface area contributed by atoms with E-state index in [2.05, 4.69) is 18.0 Å². The summed E-state index contributed by atoms with van der Waals surface area (Å²) < 4.78 is 13.4. The molecule has 1 heterocycles. The zero-order valence-corrected chi connectivity index (χ0v) is 12.4. The maximum Gasteiger partial charge on any atom is 0.126 e. The Balaban J connectivity index is 2.29. The van der Waals surface area contributed by atoms with Gasteiger partial charge in [0.05, 0.1) is 5.71 Å². The first-order chi connectivity index (χ1) is 9.49. The van der Waals surface area contributed by atoms with Gasteiger partial charge in [-0.25, -0.2) is 4.39 Å². The van der Waals surface area contributed by atoms with Crippen LogP contribution in [0, 0.1) is 18.7 Å². The molecular weight excluding hydrogens is 251 g/mol. The van der Waals surface area contributed by atoms with Crippen LogP contribution in [0.2, 0.25) is 0 Å². The maximum absolute atomic E-state index is 13.4. The molecular formula is C17H23FN2. The molecule has 3 unspecified atom stereocenters. The number of nitrogens with zero attached hydrogens (tertiary/aromatic N) is 1. The summed E-state index contributed by atoms with van der Waals surface area (Å²) >= 11 is 0. The van der Waals surface area contributed by atoms with Gasteiger partial charge in [0, 0.05) is 18.5 Å². The number of benzene rings is 1. The molecule has 0 saturated carbocycles. The number of rotatable bonds is 2. The van der Waals surface area contributed by atoms with E-state index < -0.39 is 0 Å². The van der Waals surface area contributed by atoms with Gasteiger partial charge in [-0.15, -0.1) is 0 Å². The van der Waals surface area contributed by atoms with E-state index in [0.717, 1.165) is 12.1 Å². The highest BCUT2D eigenvalue weighted by atomic mass is 19.1. The van der Waals surface area contributed by atoms with Crippen molar-refractivity contribution < 1.29 is 4.39 Å². The first kappa shape index (κ1) is 14.9. The zero-order chi connectivity index (χ0) is 14.7. The summed E-state index contributed by atoms with van der Waals surface area (Å²) in [5.74, 6) is 0.648. The van der Waals surface area contributed by atoms with Crippen LogP contribution >= 0.6 is 0 Å². The molecule has 2 N–H and O–H groups in total. The fourth-order valence-corrected chi connectivity index (χ4v) is 2.63. The Hall–Kier alpha value is -1.48. The van der Waals surface area contributed by atoms with Crippen LogP contribution < -0.4 is 5.73 Å². The van der Waals surface area contributed by atoms with Crippen molar-refractivity contribution in [1.29, 1.82) is 0 Å². The van der Waals surface area contributed by atoms with Crippen LogP contribution in [0.15, 0.2) is 35.3 Å². The average molecular weight is 274 g/mol. The number of hydrogen-bond acceptors (Lipinski definition) is 2. The number of halogens is 1. The molecule has 1 aliphatic heterocycles. The monoisotopic (exact) mass is 274 g/mol. The summed E-state index contributed by atoms with van der Waals surface area (Å²) in [6.07, 6.45) is 5.18. The van der Waals surface area contributed by atoms with Crippen LogP contribution in [0.4, 0.5) is 4.39 Å².